The Morgan fingerprint density at radius 3 is 2.75 bits per heavy atom. The van der Waals surface area contributed by atoms with Gasteiger partial charge in [0.1, 0.15) is 0 Å². The van der Waals surface area contributed by atoms with Crippen molar-refractivity contribution >= 4 is 0 Å². The lowest BCUT2D eigenvalue weighted by molar-refractivity contribution is 0.656. The molecule has 48 valence electrons. The zero-order valence-corrected chi connectivity index (χ0v) is 5.35. The predicted octanol–water partition coefficient (Wildman–Crippen LogP) is 0.0856. The molecule has 1 aliphatic carbocycles. The summed E-state index contributed by atoms with van der Waals surface area (Å²) in [7, 11) is 0. The summed E-state index contributed by atoms with van der Waals surface area (Å²) in [6, 6.07) is 1.11. The van der Waals surface area contributed by atoms with E-state index in [1.165, 1.54) is 12.8 Å². The Balaban J connectivity index is 1.89. The molecule has 1 rings (SSSR count). The average Bonchev–Trinajstić information content (AvgIpc) is 2.42. The summed E-state index contributed by atoms with van der Waals surface area (Å²) in [5.74, 6) is 0. The molecule has 0 aromatic rings. The normalized spacial score (nSPS) is 35.2. The second kappa shape index (κ2) is 2.46. The topological polar surface area (TPSA) is 38.0 Å². The van der Waals surface area contributed by atoms with Crippen molar-refractivity contribution in [2.75, 3.05) is 6.54 Å². The minimum atomic E-state index is 0.460. The number of nitrogens with two attached hydrogens (primary N) is 1. The van der Waals surface area contributed by atoms with Crippen LogP contribution in [-0.4, -0.2) is 18.6 Å². The average molecular weight is 114 g/mol. The lowest BCUT2D eigenvalue weighted by atomic mass is 10.5. The molecule has 0 aromatic heterocycles. The highest BCUT2D eigenvalue weighted by atomic mass is 15.0. The molecule has 0 aromatic carbocycles. The van der Waals surface area contributed by atoms with Crippen LogP contribution in [0.1, 0.15) is 19.8 Å². The van der Waals surface area contributed by atoms with Gasteiger partial charge in [0.2, 0.25) is 0 Å². The van der Waals surface area contributed by atoms with Crippen molar-refractivity contribution in [3.8, 4) is 0 Å². The monoisotopic (exact) mass is 114 g/mol. The molecule has 8 heavy (non-hydrogen) atoms. The van der Waals surface area contributed by atoms with Crippen molar-refractivity contribution in [2.24, 2.45) is 5.73 Å². The first-order chi connectivity index (χ1) is 3.84. The minimum Gasteiger partial charge on any atom is -0.326 e. The lowest BCUT2D eigenvalue weighted by Crippen LogP contribution is -2.23. The molecule has 1 aliphatic rings. The molecule has 0 bridgehead atoms. The molecule has 1 fully saturated rings. The van der Waals surface area contributed by atoms with E-state index in [0.29, 0.717) is 12.1 Å². The Morgan fingerprint density at radius 2 is 2.38 bits per heavy atom. The van der Waals surface area contributed by atoms with Crippen molar-refractivity contribution in [1.29, 1.82) is 0 Å². The van der Waals surface area contributed by atoms with Gasteiger partial charge in [0.25, 0.3) is 0 Å². The number of hydrogen-bond donors (Lipinski definition) is 2. The van der Waals surface area contributed by atoms with Crippen LogP contribution in [0.4, 0.5) is 0 Å². The summed E-state index contributed by atoms with van der Waals surface area (Å²) in [5, 5.41) is 3.33. The van der Waals surface area contributed by atoms with E-state index in [9.17, 15) is 0 Å². The van der Waals surface area contributed by atoms with Gasteiger partial charge in [-0.05, 0) is 19.4 Å². The van der Waals surface area contributed by atoms with Gasteiger partial charge in [0.15, 0.2) is 0 Å². The van der Waals surface area contributed by atoms with Crippen LogP contribution in [0.25, 0.3) is 0 Å². The summed E-state index contributed by atoms with van der Waals surface area (Å²) >= 11 is 0. The van der Waals surface area contributed by atoms with E-state index in [0.717, 1.165) is 6.54 Å². The SMILES string of the molecule is CCCN[C@@H]1C[C@@H]1N. The maximum atomic E-state index is 5.54. The summed E-state index contributed by atoms with van der Waals surface area (Å²) in [5.41, 5.74) is 5.54. The van der Waals surface area contributed by atoms with Gasteiger partial charge in [-0.15, -0.1) is 0 Å². The zero-order valence-electron chi connectivity index (χ0n) is 5.35. The third kappa shape index (κ3) is 1.46. The highest BCUT2D eigenvalue weighted by Gasteiger charge is 2.31. The molecule has 0 spiro atoms. The molecule has 1 saturated carbocycles. The maximum absolute atomic E-state index is 5.54. The van der Waals surface area contributed by atoms with Crippen LogP contribution in [0.3, 0.4) is 0 Å². The molecule has 0 aliphatic heterocycles. The van der Waals surface area contributed by atoms with Crippen LogP contribution in [0, 0.1) is 0 Å². The van der Waals surface area contributed by atoms with Crippen LogP contribution in [-0.2, 0) is 0 Å². The van der Waals surface area contributed by atoms with E-state index in [4.69, 9.17) is 5.73 Å². The van der Waals surface area contributed by atoms with Crippen molar-refractivity contribution in [3.05, 3.63) is 0 Å². The van der Waals surface area contributed by atoms with E-state index in [1.54, 1.807) is 0 Å². The molecule has 0 heterocycles. The smallest absolute Gasteiger partial charge is 0.0234 e. The molecule has 0 radical (unpaired) electrons. The van der Waals surface area contributed by atoms with E-state index >= 15 is 0 Å². The molecule has 3 N–H and O–H groups in total. The second-order valence-corrected chi connectivity index (χ2v) is 2.46. The minimum absolute atomic E-state index is 0.460. The van der Waals surface area contributed by atoms with Crippen LogP contribution in [0.2, 0.25) is 0 Å². The summed E-state index contributed by atoms with van der Waals surface area (Å²) in [6.07, 6.45) is 2.39. The van der Waals surface area contributed by atoms with Crippen molar-refractivity contribution < 1.29 is 0 Å². The second-order valence-electron chi connectivity index (χ2n) is 2.46. The van der Waals surface area contributed by atoms with Gasteiger partial charge in [0, 0.05) is 12.1 Å². The van der Waals surface area contributed by atoms with Crippen LogP contribution in [0.5, 0.6) is 0 Å². The van der Waals surface area contributed by atoms with Gasteiger partial charge >= 0.3 is 0 Å². The fourth-order valence-electron chi connectivity index (χ4n) is 0.779. The highest BCUT2D eigenvalue weighted by Crippen LogP contribution is 2.16. The van der Waals surface area contributed by atoms with E-state index in [-0.39, 0.29) is 0 Å². The summed E-state index contributed by atoms with van der Waals surface area (Å²) in [6.45, 7) is 3.29. The number of nitrogens with one attached hydrogen (secondary N) is 1. The van der Waals surface area contributed by atoms with Crippen LogP contribution < -0.4 is 11.1 Å². The van der Waals surface area contributed by atoms with Crippen LogP contribution >= 0.6 is 0 Å². The van der Waals surface area contributed by atoms with Crippen molar-refractivity contribution in [3.63, 3.8) is 0 Å². The fraction of sp³-hybridized carbons (Fsp3) is 1.00. The van der Waals surface area contributed by atoms with E-state index in [2.05, 4.69) is 12.2 Å². The fourth-order valence-corrected chi connectivity index (χ4v) is 0.779. The molecular weight excluding hydrogens is 100 g/mol. The number of rotatable bonds is 3. The van der Waals surface area contributed by atoms with Crippen molar-refractivity contribution in [2.45, 2.75) is 31.8 Å². The van der Waals surface area contributed by atoms with Gasteiger partial charge in [-0.2, -0.15) is 0 Å². The largest absolute Gasteiger partial charge is 0.326 e. The molecule has 0 unspecified atom stereocenters. The standard InChI is InChI=1S/C6H14N2/c1-2-3-8-6-4-5(6)7/h5-6,8H,2-4,7H2,1H3/t5-,6+/m0/s1. The quantitative estimate of drug-likeness (QED) is 0.545. The Bertz CT molecular complexity index is 72.9. The number of hydrogen-bond acceptors (Lipinski definition) is 2. The van der Waals surface area contributed by atoms with E-state index in [1.807, 2.05) is 0 Å². The van der Waals surface area contributed by atoms with Crippen molar-refractivity contribution in [1.82, 2.24) is 5.32 Å². The Labute approximate surface area is 50.4 Å². The molecule has 2 heteroatoms. The highest BCUT2D eigenvalue weighted by molar-refractivity contribution is 4.96. The lowest BCUT2D eigenvalue weighted by Gasteiger charge is -1.96. The summed E-state index contributed by atoms with van der Waals surface area (Å²) in [4.78, 5) is 0. The first-order valence-corrected chi connectivity index (χ1v) is 3.33. The Hall–Kier alpha value is -0.0800. The first-order valence-electron chi connectivity index (χ1n) is 3.33. The molecule has 0 saturated heterocycles. The molecule has 0 amide bonds. The van der Waals surface area contributed by atoms with Gasteiger partial charge in [-0.3, -0.25) is 0 Å². The molecule has 2 atom stereocenters. The Morgan fingerprint density at radius 1 is 1.75 bits per heavy atom. The third-order valence-corrected chi connectivity index (χ3v) is 1.50. The molecular formula is C6H14N2. The maximum Gasteiger partial charge on any atom is 0.0234 e. The summed E-state index contributed by atoms with van der Waals surface area (Å²) < 4.78 is 0. The molecule has 2 nitrogen and oxygen atoms in total. The van der Waals surface area contributed by atoms with Gasteiger partial charge in [-0.25, -0.2) is 0 Å². The van der Waals surface area contributed by atoms with Gasteiger partial charge in [-0.1, -0.05) is 6.92 Å². The first kappa shape index (κ1) is 6.05. The third-order valence-electron chi connectivity index (χ3n) is 1.50. The van der Waals surface area contributed by atoms with E-state index < -0.39 is 0 Å². The van der Waals surface area contributed by atoms with Gasteiger partial charge in [0.05, 0.1) is 0 Å². The van der Waals surface area contributed by atoms with Gasteiger partial charge < -0.3 is 11.1 Å². The zero-order chi connectivity index (χ0) is 5.98. The Kier molecular flexibility index (Phi) is 1.86. The predicted molar refractivity (Wildman–Crippen MR) is 34.7 cm³/mol. The van der Waals surface area contributed by atoms with Crippen LogP contribution in [0.15, 0.2) is 0 Å².